The van der Waals surface area contributed by atoms with Crippen LogP contribution in [0, 0.1) is 5.82 Å². The number of aliphatic hydroxyl groups is 2. The van der Waals surface area contributed by atoms with E-state index in [0.717, 1.165) is 4.90 Å². The summed E-state index contributed by atoms with van der Waals surface area (Å²) in [6.07, 6.45) is -2.85. The molecule has 0 unspecified atom stereocenters. The van der Waals surface area contributed by atoms with Crippen LogP contribution in [0.25, 0.3) is 0 Å². The van der Waals surface area contributed by atoms with Crippen LogP contribution >= 0.6 is 0 Å². The molecule has 0 aliphatic carbocycles. The van der Waals surface area contributed by atoms with Gasteiger partial charge in [-0.15, -0.1) is 0 Å². The SMILES string of the molecule is CC(C)(C)OC(=O)N1[C@H](CO)C[C@@H](O)[C@@H]1n1cc(F)c(=O)[nH]c1=O. The van der Waals surface area contributed by atoms with Gasteiger partial charge in [-0.05, 0) is 20.8 Å². The number of likely N-dealkylation sites (tertiary alicyclic amines) is 1. The first-order chi connectivity index (χ1) is 11.0. The Hall–Kier alpha value is -2.20. The summed E-state index contributed by atoms with van der Waals surface area (Å²) in [6.45, 7) is 4.41. The summed E-state index contributed by atoms with van der Waals surface area (Å²) in [7, 11) is 0. The second-order valence-electron chi connectivity index (χ2n) is 6.58. The average Bonchev–Trinajstić information content (AvgIpc) is 2.78. The number of halogens is 1. The zero-order valence-corrected chi connectivity index (χ0v) is 13.5. The number of hydrogen-bond donors (Lipinski definition) is 3. The number of H-pyrrole nitrogens is 1. The number of aromatic amines is 1. The fraction of sp³-hybridized carbons (Fsp3) is 0.643. The van der Waals surface area contributed by atoms with Crippen LogP contribution in [0.15, 0.2) is 15.8 Å². The van der Waals surface area contributed by atoms with Crippen molar-refractivity contribution < 1.29 is 24.1 Å². The van der Waals surface area contributed by atoms with Crippen molar-refractivity contribution >= 4 is 6.09 Å². The lowest BCUT2D eigenvalue weighted by Gasteiger charge is -2.32. The minimum absolute atomic E-state index is 0.0341. The number of rotatable bonds is 2. The second kappa shape index (κ2) is 6.36. The molecule has 0 radical (unpaired) electrons. The van der Waals surface area contributed by atoms with E-state index in [1.54, 1.807) is 25.8 Å². The molecule has 2 heterocycles. The molecule has 24 heavy (non-hydrogen) atoms. The minimum Gasteiger partial charge on any atom is -0.444 e. The predicted molar refractivity (Wildman–Crippen MR) is 79.9 cm³/mol. The largest absolute Gasteiger partial charge is 0.444 e. The van der Waals surface area contributed by atoms with Gasteiger partial charge in [0.05, 0.1) is 24.9 Å². The van der Waals surface area contributed by atoms with Gasteiger partial charge in [0.25, 0.3) is 5.56 Å². The number of aromatic nitrogens is 2. The molecule has 1 aromatic heterocycles. The molecule has 134 valence electrons. The Labute approximate surface area is 136 Å². The molecule has 1 aliphatic rings. The molecular formula is C14H20FN3O6. The van der Waals surface area contributed by atoms with E-state index in [1.807, 2.05) is 0 Å². The molecular weight excluding hydrogens is 325 g/mol. The van der Waals surface area contributed by atoms with Crippen LogP contribution in [0.3, 0.4) is 0 Å². The smallest absolute Gasteiger partial charge is 0.412 e. The minimum atomic E-state index is -1.31. The standard InChI is InChI=1S/C14H20FN3O6/c1-14(2,3)24-13(23)18-7(6-19)4-9(20)11(18)17-5-8(15)10(21)16-12(17)22/h5,7,9,11,19-20H,4,6H2,1-3H3,(H,16,21,22)/t7-,9+,11+/m0/s1. The number of hydrogen-bond acceptors (Lipinski definition) is 6. The molecule has 3 atom stereocenters. The van der Waals surface area contributed by atoms with Crippen LogP contribution in [-0.2, 0) is 4.74 Å². The molecule has 1 amide bonds. The maximum Gasteiger partial charge on any atom is 0.412 e. The van der Waals surface area contributed by atoms with Crippen molar-refractivity contribution in [3.05, 3.63) is 32.9 Å². The van der Waals surface area contributed by atoms with Gasteiger partial charge in [0.15, 0.2) is 0 Å². The molecule has 0 bridgehead atoms. The van der Waals surface area contributed by atoms with Crippen molar-refractivity contribution in [3.63, 3.8) is 0 Å². The van der Waals surface area contributed by atoms with Crippen molar-refractivity contribution in [2.45, 2.75) is 51.1 Å². The Morgan fingerprint density at radius 1 is 1.46 bits per heavy atom. The Morgan fingerprint density at radius 2 is 2.08 bits per heavy atom. The maximum absolute atomic E-state index is 13.5. The van der Waals surface area contributed by atoms with Gasteiger partial charge in [0.2, 0.25) is 5.82 Å². The molecule has 3 N–H and O–H groups in total. The normalized spacial score (nSPS) is 24.2. The number of nitrogens with one attached hydrogen (secondary N) is 1. The first kappa shape index (κ1) is 18.1. The van der Waals surface area contributed by atoms with E-state index in [-0.39, 0.29) is 6.42 Å². The maximum atomic E-state index is 13.5. The van der Waals surface area contributed by atoms with Crippen LogP contribution in [0.4, 0.5) is 9.18 Å². The van der Waals surface area contributed by atoms with Crippen molar-refractivity contribution in [3.8, 4) is 0 Å². The lowest BCUT2D eigenvalue weighted by Crippen LogP contribution is -2.48. The molecule has 1 saturated heterocycles. The molecule has 0 spiro atoms. The van der Waals surface area contributed by atoms with E-state index < -0.39 is 53.7 Å². The van der Waals surface area contributed by atoms with Gasteiger partial charge in [-0.3, -0.25) is 19.2 Å². The molecule has 10 heteroatoms. The Balaban J connectivity index is 2.49. The topological polar surface area (TPSA) is 125 Å². The van der Waals surface area contributed by atoms with E-state index in [2.05, 4.69) is 0 Å². The fourth-order valence-corrected chi connectivity index (χ4v) is 2.63. The summed E-state index contributed by atoms with van der Waals surface area (Å²) in [5.41, 5.74) is -3.04. The number of ether oxygens (including phenoxy) is 1. The van der Waals surface area contributed by atoms with E-state index in [1.165, 1.54) is 0 Å². The van der Waals surface area contributed by atoms with E-state index in [4.69, 9.17) is 4.74 Å². The van der Waals surface area contributed by atoms with Gasteiger partial charge in [-0.2, -0.15) is 4.39 Å². The van der Waals surface area contributed by atoms with Crippen molar-refractivity contribution in [2.24, 2.45) is 0 Å². The Morgan fingerprint density at radius 3 is 2.62 bits per heavy atom. The van der Waals surface area contributed by atoms with Crippen molar-refractivity contribution in [2.75, 3.05) is 6.61 Å². The second-order valence-corrected chi connectivity index (χ2v) is 6.58. The highest BCUT2D eigenvalue weighted by atomic mass is 19.1. The number of aliphatic hydroxyl groups excluding tert-OH is 2. The van der Waals surface area contributed by atoms with Gasteiger partial charge in [0.1, 0.15) is 11.8 Å². The van der Waals surface area contributed by atoms with Crippen molar-refractivity contribution in [1.29, 1.82) is 0 Å². The third kappa shape index (κ3) is 3.49. The summed E-state index contributed by atoms with van der Waals surface area (Å²) in [4.78, 5) is 38.3. The average molecular weight is 345 g/mol. The zero-order chi connectivity index (χ0) is 18.2. The highest BCUT2D eigenvalue weighted by molar-refractivity contribution is 5.69. The Bertz CT molecular complexity index is 737. The highest BCUT2D eigenvalue weighted by Gasteiger charge is 2.46. The first-order valence-electron chi connectivity index (χ1n) is 7.36. The van der Waals surface area contributed by atoms with Crippen LogP contribution in [0.2, 0.25) is 0 Å². The third-order valence-corrected chi connectivity index (χ3v) is 3.56. The number of nitrogens with zero attached hydrogens (tertiary/aromatic N) is 2. The molecule has 9 nitrogen and oxygen atoms in total. The van der Waals surface area contributed by atoms with Gasteiger partial charge in [-0.25, -0.2) is 9.59 Å². The first-order valence-corrected chi connectivity index (χ1v) is 7.36. The number of carbonyl (C=O) groups is 1. The van der Waals surface area contributed by atoms with Gasteiger partial charge in [-0.1, -0.05) is 0 Å². The molecule has 1 aromatic rings. The summed E-state index contributed by atoms with van der Waals surface area (Å²) in [5.74, 6) is -1.24. The highest BCUT2D eigenvalue weighted by Crippen LogP contribution is 2.33. The Kier molecular flexibility index (Phi) is 4.81. The monoisotopic (exact) mass is 345 g/mol. The molecule has 2 rings (SSSR count). The quantitative estimate of drug-likeness (QED) is 0.666. The van der Waals surface area contributed by atoms with Crippen LogP contribution in [0.1, 0.15) is 33.4 Å². The summed E-state index contributed by atoms with van der Waals surface area (Å²) < 4.78 is 19.5. The van der Waals surface area contributed by atoms with Crippen LogP contribution < -0.4 is 11.2 Å². The van der Waals surface area contributed by atoms with Crippen molar-refractivity contribution in [1.82, 2.24) is 14.5 Å². The lowest BCUT2D eigenvalue weighted by atomic mass is 10.2. The fourth-order valence-electron chi connectivity index (χ4n) is 2.63. The molecule has 1 fully saturated rings. The number of amides is 1. The molecule has 0 aromatic carbocycles. The molecule has 0 saturated carbocycles. The van der Waals surface area contributed by atoms with E-state index in [9.17, 15) is 29.0 Å². The summed E-state index contributed by atoms with van der Waals surface area (Å²) in [6, 6.07) is -0.818. The van der Waals surface area contributed by atoms with Gasteiger partial charge >= 0.3 is 11.8 Å². The van der Waals surface area contributed by atoms with E-state index >= 15 is 0 Å². The summed E-state index contributed by atoms with van der Waals surface area (Å²) in [5, 5.41) is 19.7. The summed E-state index contributed by atoms with van der Waals surface area (Å²) >= 11 is 0. The zero-order valence-electron chi connectivity index (χ0n) is 13.5. The number of carbonyl (C=O) groups excluding carboxylic acids is 1. The van der Waals surface area contributed by atoms with Crippen LogP contribution in [-0.4, -0.2) is 55.1 Å². The van der Waals surface area contributed by atoms with Crippen LogP contribution in [0.5, 0.6) is 0 Å². The predicted octanol–water partition coefficient (Wildman–Crippen LogP) is -0.463. The molecule has 1 aliphatic heterocycles. The lowest BCUT2D eigenvalue weighted by molar-refractivity contribution is -0.00990. The van der Waals surface area contributed by atoms with Gasteiger partial charge < -0.3 is 14.9 Å². The van der Waals surface area contributed by atoms with E-state index in [0.29, 0.717) is 10.8 Å². The third-order valence-electron chi connectivity index (χ3n) is 3.56. The van der Waals surface area contributed by atoms with Gasteiger partial charge in [0, 0.05) is 6.42 Å².